The maximum Gasteiger partial charge on any atom is 0.332 e. The van der Waals surface area contributed by atoms with Crippen molar-refractivity contribution in [2.45, 2.75) is 25.7 Å². The molecule has 1 saturated heterocycles. The third kappa shape index (κ3) is 2.27. The first-order valence-electron chi connectivity index (χ1n) is 6.20. The van der Waals surface area contributed by atoms with Gasteiger partial charge in [0, 0.05) is 20.0 Å². The molecule has 0 radical (unpaired) electrons. The molecular formula is C12H16N4O3. The SMILES string of the molecule is CN1C(=N)C(=NC(=O)C2CCCC2)C(=O)N(C)C1=O. The van der Waals surface area contributed by atoms with Crippen molar-refractivity contribution in [3.8, 4) is 0 Å². The summed E-state index contributed by atoms with van der Waals surface area (Å²) in [5, 5.41) is 7.74. The number of aliphatic imine (C=N–C) groups is 1. The molecule has 2 aliphatic rings. The standard InChI is InChI=1S/C12H16N4O3/c1-15-9(13)8(11(18)16(2)12(15)19)14-10(17)7-5-3-4-6-7/h7,13H,3-6H2,1-2H3. The summed E-state index contributed by atoms with van der Waals surface area (Å²) < 4.78 is 0. The zero-order chi connectivity index (χ0) is 14.2. The number of carbonyl (C=O) groups is 3. The maximum absolute atomic E-state index is 11.9. The molecule has 19 heavy (non-hydrogen) atoms. The lowest BCUT2D eigenvalue weighted by Crippen LogP contribution is -2.57. The molecule has 0 unspecified atom stereocenters. The largest absolute Gasteiger partial charge is 0.332 e. The first-order chi connectivity index (χ1) is 8.93. The summed E-state index contributed by atoms with van der Waals surface area (Å²) in [6, 6.07) is -0.595. The van der Waals surface area contributed by atoms with E-state index in [4.69, 9.17) is 5.41 Å². The molecule has 1 heterocycles. The van der Waals surface area contributed by atoms with Crippen LogP contribution in [0.3, 0.4) is 0 Å². The summed E-state index contributed by atoms with van der Waals surface area (Å²) in [5.41, 5.74) is -0.249. The number of nitrogens with one attached hydrogen (secondary N) is 1. The van der Waals surface area contributed by atoms with Crippen LogP contribution in [0.25, 0.3) is 0 Å². The normalized spacial score (nSPS) is 23.7. The zero-order valence-electron chi connectivity index (χ0n) is 11.0. The Morgan fingerprint density at radius 1 is 1.21 bits per heavy atom. The van der Waals surface area contributed by atoms with Gasteiger partial charge in [0.2, 0.25) is 5.91 Å². The topological polar surface area (TPSA) is 93.9 Å². The third-order valence-corrected chi connectivity index (χ3v) is 3.57. The second kappa shape index (κ2) is 4.91. The minimum absolute atomic E-state index is 0.152. The average molecular weight is 264 g/mol. The van der Waals surface area contributed by atoms with Gasteiger partial charge in [0.25, 0.3) is 5.91 Å². The first kappa shape index (κ1) is 13.4. The average Bonchev–Trinajstić information content (AvgIpc) is 2.93. The number of amidine groups is 1. The Morgan fingerprint density at radius 2 is 1.79 bits per heavy atom. The quantitative estimate of drug-likeness (QED) is 0.753. The smallest absolute Gasteiger partial charge is 0.282 e. The molecule has 0 atom stereocenters. The first-order valence-corrected chi connectivity index (χ1v) is 6.20. The highest BCUT2D eigenvalue weighted by atomic mass is 16.2. The molecule has 2 fully saturated rings. The van der Waals surface area contributed by atoms with E-state index >= 15 is 0 Å². The van der Waals surface area contributed by atoms with Gasteiger partial charge in [-0.15, -0.1) is 0 Å². The lowest BCUT2D eigenvalue weighted by atomic mass is 10.1. The summed E-state index contributed by atoms with van der Waals surface area (Å²) in [5.74, 6) is -1.53. The van der Waals surface area contributed by atoms with E-state index in [1.807, 2.05) is 0 Å². The molecule has 0 aromatic rings. The van der Waals surface area contributed by atoms with E-state index in [-0.39, 0.29) is 23.4 Å². The second-order valence-electron chi connectivity index (χ2n) is 4.83. The van der Waals surface area contributed by atoms with Gasteiger partial charge in [-0.25, -0.2) is 9.79 Å². The van der Waals surface area contributed by atoms with Gasteiger partial charge in [-0.3, -0.25) is 24.8 Å². The highest BCUT2D eigenvalue weighted by Gasteiger charge is 2.38. The summed E-state index contributed by atoms with van der Waals surface area (Å²) >= 11 is 0. The molecular weight excluding hydrogens is 248 g/mol. The number of rotatable bonds is 1. The van der Waals surface area contributed by atoms with Gasteiger partial charge < -0.3 is 0 Å². The Kier molecular flexibility index (Phi) is 3.46. The van der Waals surface area contributed by atoms with Crippen LogP contribution in [0.15, 0.2) is 4.99 Å². The van der Waals surface area contributed by atoms with E-state index in [2.05, 4.69) is 4.99 Å². The molecule has 0 bridgehead atoms. The van der Waals surface area contributed by atoms with Gasteiger partial charge in [-0.05, 0) is 12.8 Å². The number of carbonyl (C=O) groups excluding carboxylic acids is 3. The summed E-state index contributed by atoms with van der Waals surface area (Å²) in [4.78, 5) is 41.1. The van der Waals surface area contributed by atoms with E-state index in [1.165, 1.54) is 14.1 Å². The molecule has 102 valence electrons. The van der Waals surface area contributed by atoms with Gasteiger partial charge in [0.1, 0.15) is 0 Å². The molecule has 4 amide bonds. The predicted molar refractivity (Wildman–Crippen MR) is 68.1 cm³/mol. The molecule has 1 N–H and O–H groups in total. The van der Waals surface area contributed by atoms with E-state index < -0.39 is 11.9 Å². The Morgan fingerprint density at radius 3 is 2.37 bits per heavy atom. The lowest BCUT2D eigenvalue weighted by molar-refractivity contribution is -0.123. The molecule has 7 nitrogen and oxygen atoms in total. The van der Waals surface area contributed by atoms with Crippen LogP contribution >= 0.6 is 0 Å². The number of hydrogen-bond acceptors (Lipinski definition) is 4. The highest BCUT2D eigenvalue weighted by molar-refractivity contribution is 6.69. The number of amides is 4. The number of imide groups is 1. The third-order valence-electron chi connectivity index (χ3n) is 3.57. The van der Waals surface area contributed by atoms with Gasteiger partial charge in [0.15, 0.2) is 11.5 Å². The van der Waals surface area contributed by atoms with E-state index in [0.29, 0.717) is 0 Å². The number of urea groups is 1. The van der Waals surface area contributed by atoms with Crippen LogP contribution in [0.4, 0.5) is 4.79 Å². The van der Waals surface area contributed by atoms with Crippen LogP contribution in [0, 0.1) is 11.3 Å². The minimum Gasteiger partial charge on any atom is -0.282 e. The fourth-order valence-corrected chi connectivity index (χ4v) is 2.30. The molecule has 0 aromatic carbocycles. The van der Waals surface area contributed by atoms with Crippen molar-refractivity contribution >= 4 is 29.4 Å². The summed E-state index contributed by atoms with van der Waals surface area (Å²) in [6.07, 6.45) is 3.54. The fraction of sp³-hybridized carbons (Fsp3) is 0.583. The maximum atomic E-state index is 11.9. The highest BCUT2D eigenvalue weighted by Crippen LogP contribution is 2.26. The number of nitrogens with zero attached hydrogens (tertiary/aromatic N) is 3. The minimum atomic E-state index is -0.695. The van der Waals surface area contributed by atoms with Crippen molar-refractivity contribution in [1.82, 2.24) is 9.80 Å². The molecule has 0 spiro atoms. The van der Waals surface area contributed by atoms with Crippen LogP contribution in [0.1, 0.15) is 25.7 Å². The zero-order valence-corrected chi connectivity index (χ0v) is 11.0. The van der Waals surface area contributed by atoms with E-state index in [0.717, 1.165) is 35.5 Å². The van der Waals surface area contributed by atoms with Gasteiger partial charge >= 0.3 is 6.03 Å². The number of hydrogen-bond donors (Lipinski definition) is 1. The van der Waals surface area contributed by atoms with Crippen LogP contribution in [-0.4, -0.2) is 53.3 Å². The van der Waals surface area contributed by atoms with E-state index in [1.54, 1.807) is 0 Å². The van der Waals surface area contributed by atoms with Crippen molar-refractivity contribution in [2.24, 2.45) is 10.9 Å². The molecule has 2 rings (SSSR count). The molecule has 1 aliphatic heterocycles. The van der Waals surface area contributed by atoms with Gasteiger partial charge in [0.05, 0.1) is 0 Å². The lowest BCUT2D eigenvalue weighted by Gasteiger charge is -2.29. The van der Waals surface area contributed by atoms with Crippen LogP contribution in [0.5, 0.6) is 0 Å². The van der Waals surface area contributed by atoms with Crippen LogP contribution < -0.4 is 0 Å². The molecule has 1 saturated carbocycles. The summed E-state index contributed by atoms with van der Waals surface area (Å²) in [7, 11) is 2.69. The Hall–Kier alpha value is -2.05. The predicted octanol–water partition coefficient (Wildman–Crippen LogP) is 0.645. The molecule has 0 aromatic heterocycles. The Balaban J connectivity index is 2.26. The fourth-order valence-electron chi connectivity index (χ4n) is 2.30. The Labute approximate surface area is 110 Å². The summed E-state index contributed by atoms with van der Waals surface area (Å²) in [6.45, 7) is 0. The van der Waals surface area contributed by atoms with Crippen molar-refractivity contribution in [1.29, 1.82) is 5.41 Å². The molecule has 1 aliphatic carbocycles. The van der Waals surface area contributed by atoms with Gasteiger partial charge in [-0.1, -0.05) is 12.8 Å². The van der Waals surface area contributed by atoms with Crippen molar-refractivity contribution in [3.63, 3.8) is 0 Å². The van der Waals surface area contributed by atoms with Crippen LogP contribution in [0.2, 0.25) is 0 Å². The van der Waals surface area contributed by atoms with Crippen molar-refractivity contribution in [3.05, 3.63) is 0 Å². The molecule has 7 heteroatoms. The monoisotopic (exact) mass is 264 g/mol. The second-order valence-corrected chi connectivity index (χ2v) is 4.83. The van der Waals surface area contributed by atoms with Crippen molar-refractivity contribution in [2.75, 3.05) is 14.1 Å². The van der Waals surface area contributed by atoms with Crippen molar-refractivity contribution < 1.29 is 14.4 Å². The van der Waals surface area contributed by atoms with E-state index in [9.17, 15) is 14.4 Å². The van der Waals surface area contributed by atoms with Crippen LogP contribution in [-0.2, 0) is 9.59 Å². The van der Waals surface area contributed by atoms with Gasteiger partial charge in [-0.2, -0.15) is 0 Å². The Bertz CT molecular complexity index is 465.